The SMILES string of the molecule is Cc1ccc(SC(C(=O)NC2CCNCC2C)c2ccccc2)c(C)c1. The molecule has 2 aromatic rings. The van der Waals surface area contributed by atoms with Crippen molar-refractivity contribution in [2.75, 3.05) is 13.1 Å². The van der Waals surface area contributed by atoms with Crippen LogP contribution in [0.5, 0.6) is 0 Å². The molecule has 1 saturated heterocycles. The highest BCUT2D eigenvalue weighted by Gasteiger charge is 2.28. The van der Waals surface area contributed by atoms with Gasteiger partial charge in [-0.25, -0.2) is 0 Å². The maximum absolute atomic E-state index is 13.2. The number of amides is 1. The van der Waals surface area contributed by atoms with Gasteiger partial charge < -0.3 is 10.6 Å². The third kappa shape index (κ3) is 4.68. The van der Waals surface area contributed by atoms with E-state index < -0.39 is 0 Å². The summed E-state index contributed by atoms with van der Waals surface area (Å²) in [4.78, 5) is 14.4. The van der Waals surface area contributed by atoms with Gasteiger partial charge in [0.2, 0.25) is 5.91 Å². The quantitative estimate of drug-likeness (QED) is 0.775. The van der Waals surface area contributed by atoms with Gasteiger partial charge in [0.25, 0.3) is 0 Å². The number of aryl methyl sites for hydroxylation is 2. The number of benzene rings is 2. The molecule has 1 fully saturated rings. The minimum atomic E-state index is -0.236. The highest BCUT2D eigenvalue weighted by molar-refractivity contribution is 8.00. The van der Waals surface area contributed by atoms with E-state index in [-0.39, 0.29) is 17.2 Å². The molecule has 4 heteroatoms. The van der Waals surface area contributed by atoms with Gasteiger partial charge in [-0.2, -0.15) is 0 Å². The highest BCUT2D eigenvalue weighted by atomic mass is 32.2. The van der Waals surface area contributed by atoms with Crippen LogP contribution in [0.3, 0.4) is 0 Å². The van der Waals surface area contributed by atoms with Crippen LogP contribution in [0.15, 0.2) is 53.4 Å². The Morgan fingerprint density at radius 2 is 1.96 bits per heavy atom. The van der Waals surface area contributed by atoms with Crippen molar-refractivity contribution in [3.63, 3.8) is 0 Å². The van der Waals surface area contributed by atoms with Gasteiger partial charge in [0.05, 0.1) is 0 Å². The van der Waals surface area contributed by atoms with Crippen molar-refractivity contribution in [2.24, 2.45) is 5.92 Å². The Morgan fingerprint density at radius 1 is 1.19 bits per heavy atom. The number of carbonyl (C=O) groups is 1. The average molecular weight is 369 g/mol. The molecule has 0 saturated carbocycles. The van der Waals surface area contributed by atoms with E-state index in [1.165, 1.54) is 11.1 Å². The van der Waals surface area contributed by atoms with E-state index in [4.69, 9.17) is 0 Å². The van der Waals surface area contributed by atoms with Crippen LogP contribution >= 0.6 is 11.8 Å². The lowest BCUT2D eigenvalue weighted by molar-refractivity contribution is -0.121. The van der Waals surface area contributed by atoms with Crippen molar-refractivity contribution in [2.45, 2.75) is 43.4 Å². The summed E-state index contributed by atoms with van der Waals surface area (Å²) < 4.78 is 0. The Hall–Kier alpha value is -1.78. The Balaban J connectivity index is 1.82. The molecule has 3 unspecified atom stereocenters. The van der Waals surface area contributed by atoms with Crippen LogP contribution in [0.4, 0.5) is 0 Å². The summed E-state index contributed by atoms with van der Waals surface area (Å²) in [6, 6.07) is 16.8. The van der Waals surface area contributed by atoms with E-state index in [0.717, 1.165) is 30.0 Å². The number of thioether (sulfide) groups is 1. The van der Waals surface area contributed by atoms with Crippen molar-refractivity contribution >= 4 is 17.7 Å². The molecule has 138 valence electrons. The summed E-state index contributed by atoms with van der Waals surface area (Å²) >= 11 is 1.65. The fourth-order valence-electron chi connectivity index (χ4n) is 3.45. The minimum absolute atomic E-state index is 0.111. The standard InChI is InChI=1S/C22H28N2OS/c1-15-9-10-20(16(2)13-15)26-21(18-7-5-4-6-8-18)22(25)24-19-11-12-23-14-17(19)3/h4-10,13,17,19,21,23H,11-12,14H2,1-3H3,(H,24,25). The second-order valence-electron chi connectivity index (χ2n) is 7.26. The fourth-order valence-corrected chi connectivity index (χ4v) is 4.56. The molecule has 1 aliphatic heterocycles. The zero-order chi connectivity index (χ0) is 18.5. The second kappa shape index (κ2) is 8.74. The molecular weight excluding hydrogens is 340 g/mol. The van der Waals surface area contributed by atoms with Crippen molar-refractivity contribution < 1.29 is 4.79 Å². The largest absolute Gasteiger partial charge is 0.352 e. The van der Waals surface area contributed by atoms with E-state index in [0.29, 0.717) is 5.92 Å². The van der Waals surface area contributed by atoms with Gasteiger partial charge in [-0.15, -0.1) is 11.8 Å². The Labute approximate surface area is 161 Å². The Morgan fingerprint density at radius 3 is 2.65 bits per heavy atom. The number of nitrogens with one attached hydrogen (secondary N) is 2. The molecule has 3 rings (SSSR count). The summed E-state index contributed by atoms with van der Waals surface area (Å²) in [5.41, 5.74) is 3.52. The third-order valence-electron chi connectivity index (χ3n) is 5.03. The molecule has 3 nitrogen and oxygen atoms in total. The third-order valence-corrected chi connectivity index (χ3v) is 6.46. The average Bonchev–Trinajstić information content (AvgIpc) is 2.63. The van der Waals surface area contributed by atoms with Gasteiger partial charge in [-0.3, -0.25) is 4.79 Å². The number of carbonyl (C=O) groups excluding carboxylic acids is 1. The summed E-state index contributed by atoms with van der Waals surface area (Å²) in [5, 5.41) is 6.48. The molecule has 26 heavy (non-hydrogen) atoms. The molecule has 0 radical (unpaired) electrons. The first-order chi connectivity index (χ1) is 12.5. The number of piperidine rings is 1. The molecule has 3 atom stereocenters. The van der Waals surface area contributed by atoms with Crippen molar-refractivity contribution in [3.05, 3.63) is 65.2 Å². The van der Waals surface area contributed by atoms with Crippen molar-refractivity contribution in [1.82, 2.24) is 10.6 Å². The first kappa shape index (κ1) is 19.0. The summed E-state index contributed by atoms with van der Waals surface area (Å²) in [6.07, 6.45) is 0.989. The molecule has 2 aromatic carbocycles. The van der Waals surface area contributed by atoms with Gasteiger partial charge >= 0.3 is 0 Å². The maximum Gasteiger partial charge on any atom is 0.238 e. The zero-order valence-electron chi connectivity index (χ0n) is 15.8. The van der Waals surface area contributed by atoms with E-state index >= 15 is 0 Å². The molecule has 0 aliphatic carbocycles. The summed E-state index contributed by atoms with van der Waals surface area (Å²) in [5.74, 6) is 0.565. The van der Waals surface area contributed by atoms with Crippen molar-refractivity contribution in [1.29, 1.82) is 0 Å². The van der Waals surface area contributed by atoms with Crippen LogP contribution < -0.4 is 10.6 Å². The maximum atomic E-state index is 13.2. The molecule has 0 spiro atoms. The van der Waals surface area contributed by atoms with Crippen LogP contribution in [0.25, 0.3) is 0 Å². The lowest BCUT2D eigenvalue weighted by Crippen LogP contribution is -2.49. The molecule has 2 N–H and O–H groups in total. The first-order valence-electron chi connectivity index (χ1n) is 9.34. The minimum Gasteiger partial charge on any atom is -0.352 e. The molecule has 0 bridgehead atoms. The van der Waals surface area contributed by atoms with Gasteiger partial charge in [-0.05, 0) is 56.5 Å². The molecule has 1 aliphatic rings. The lowest BCUT2D eigenvalue weighted by Gasteiger charge is -2.31. The zero-order valence-corrected chi connectivity index (χ0v) is 16.6. The monoisotopic (exact) mass is 368 g/mol. The van der Waals surface area contributed by atoms with Crippen LogP contribution in [0.2, 0.25) is 0 Å². The first-order valence-corrected chi connectivity index (χ1v) is 10.2. The number of hydrogen-bond acceptors (Lipinski definition) is 3. The number of rotatable bonds is 5. The predicted molar refractivity (Wildman–Crippen MR) is 110 cm³/mol. The summed E-state index contributed by atoms with van der Waals surface area (Å²) in [7, 11) is 0. The van der Waals surface area contributed by atoms with E-state index in [2.05, 4.69) is 49.6 Å². The van der Waals surface area contributed by atoms with E-state index in [1.807, 2.05) is 30.3 Å². The summed E-state index contributed by atoms with van der Waals surface area (Å²) in [6.45, 7) is 8.35. The smallest absolute Gasteiger partial charge is 0.238 e. The van der Waals surface area contributed by atoms with Crippen LogP contribution in [0.1, 0.15) is 35.3 Å². The van der Waals surface area contributed by atoms with Crippen LogP contribution in [0, 0.1) is 19.8 Å². The van der Waals surface area contributed by atoms with Gasteiger partial charge in [-0.1, -0.05) is 55.0 Å². The molecule has 0 aromatic heterocycles. The molecular formula is C22H28N2OS. The predicted octanol–water partition coefficient (Wildman–Crippen LogP) is 4.25. The van der Waals surface area contributed by atoms with Gasteiger partial charge in [0, 0.05) is 10.9 Å². The topological polar surface area (TPSA) is 41.1 Å². The lowest BCUT2D eigenvalue weighted by atomic mass is 9.95. The second-order valence-corrected chi connectivity index (χ2v) is 8.41. The van der Waals surface area contributed by atoms with Gasteiger partial charge in [0.15, 0.2) is 0 Å². The fraction of sp³-hybridized carbons (Fsp3) is 0.409. The highest BCUT2D eigenvalue weighted by Crippen LogP contribution is 2.37. The van der Waals surface area contributed by atoms with Crippen LogP contribution in [-0.2, 0) is 4.79 Å². The Kier molecular flexibility index (Phi) is 6.38. The van der Waals surface area contributed by atoms with E-state index in [1.54, 1.807) is 11.8 Å². The molecule has 1 heterocycles. The molecule has 1 amide bonds. The van der Waals surface area contributed by atoms with Crippen molar-refractivity contribution in [3.8, 4) is 0 Å². The Bertz CT molecular complexity index is 747. The van der Waals surface area contributed by atoms with E-state index in [9.17, 15) is 4.79 Å². The normalized spacial score (nSPS) is 21.2. The van der Waals surface area contributed by atoms with Crippen LogP contribution in [-0.4, -0.2) is 25.0 Å². The number of hydrogen-bond donors (Lipinski definition) is 2. The van der Waals surface area contributed by atoms with Gasteiger partial charge in [0.1, 0.15) is 5.25 Å².